The van der Waals surface area contributed by atoms with Gasteiger partial charge in [-0.15, -0.1) is 0 Å². The first-order valence-electron chi connectivity index (χ1n) is 6.72. The van der Waals surface area contributed by atoms with Gasteiger partial charge in [-0.05, 0) is 32.0 Å². The molecule has 0 aromatic carbocycles. The van der Waals surface area contributed by atoms with Crippen molar-refractivity contribution in [2.45, 2.75) is 6.42 Å². The van der Waals surface area contributed by atoms with Gasteiger partial charge in [0.2, 0.25) is 0 Å². The summed E-state index contributed by atoms with van der Waals surface area (Å²) in [5.41, 5.74) is 5.21. The van der Waals surface area contributed by atoms with Gasteiger partial charge in [0, 0.05) is 20.1 Å². The number of nitrogens with two attached hydrogens (primary N) is 1. The van der Waals surface area contributed by atoms with E-state index in [2.05, 4.69) is 9.88 Å². The number of likely N-dealkylation sites (tertiary alicyclic amines) is 1. The third kappa shape index (κ3) is 3.46. The highest BCUT2D eigenvalue weighted by Crippen LogP contribution is 2.22. The molecule has 2 rings (SSSR count). The monoisotopic (exact) mass is 293 g/mol. The molecule has 8 heteroatoms. The summed E-state index contributed by atoms with van der Waals surface area (Å²) in [6, 6.07) is 1.26. The maximum atomic E-state index is 12.4. The Balaban J connectivity index is 2.15. The van der Waals surface area contributed by atoms with Crippen molar-refractivity contribution in [3.05, 3.63) is 27.9 Å². The largest absolute Gasteiger partial charge is 0.384 e. The third-order valence-corrected chi connectivity index (χ3v) is 3.70. The molecule has 0 radical (unpaired) electrons. The first kappa shape index (κ1) is 15.2. The van der Waals surface area contributed by atoms with Crippen LogP contribution in [0.1, 0.15) is 16.8 Å². The van der Waals surface area contributed by atoms with Gasteiger partial charge in [-0.3, -0.25) is 14.9 Å². The molecule has 8 nitrogen and oxygen atoms in total. The van der Waals surface area contributed by atoms with Gasteiger partial charge in [0.25, 0.3) is 11.6 Å². The smallest absolute Gasteiger partial charge is 0.300 e. The van der Waals surface area contributed by atoms with Crippen molar-refractivity contribution < 1.29 is 9.72 Å². The lowest BCUT2D eigenvalue weighted by atomic mass is 10.1. The maximum absolute atomic E-state index is 12.4. The molecule has 2 heterocycles. The molecule has 0 saturated carbocycles. The van der Waals surface area contributed by atoms with E-state index in [0.29, 0.717) is 12.5 Å². The van der Waals surface area contributed by atoms with Crippen LogP contribution in [0.2, 0.25) is 0 Å². The van der Waals surface area contributed by atoms with E-state index in [4.69, 9.17) is 5.73 Å². The van der Waals surface area contributed by atoms with E-state index in [9.17, 15) is 14.9 Å². The van der Waals surface area contributed by atoms with Gasteiger partial charge < -0.3 is 15.5 Å². The Hall–Kier alpha value is -2.22. The zero-order chi connectivity index (χ0) is 15.6. The number of rotatable bonds is 4. The molecular weight excluding hydrogens is 274 g/mol. The Kier molecular flexibility index (Phi) is 4.37. The number of carbonyl (C=O) groups excluding carboxylic acids is 1. The van der Waals surface area contributed by atoms with E-state index in [-0.39, 0.29) is 17.1 Å². The fourth-order valence-corrected chi connectivity index (χ4v) is 2.63. The number of hydrogen-bond donors (Lipinski definition) is 1. The second-order valence-corrected chi connectivity index (χ2v) is 5.49. The van der Waals surface area contributed by atoms with Crippen LogP contribution in [0.15, 0.2) is 12.3 Å². The van der Waals surface area contributed by atoms with Crippen LogP contribution in [-0.2, 0) is 0 Å². The molecule has 21 heavy (non-hydrogen) atoms. The number of nitrogens with zero attached hydrogens (tertiary/aromatic N) is 4. The van der Waals surface area contributed by atoms with Crippen molar-refractivity contribution in [3.8, 4) is 0 Å². The van der Waals surface area contributed by atoms with Crippen molar-refractivity contribution in [2.75, 3.05) is 39.5 Å². The number of nitro groups is 1. The van der Waals surface area contributed by atoms with Crippen LogP contribution >= 0.6 is 0 Å². The Morgan fingerprint density at radius 1 is 1.67 bits per heavy atom. The fraction of sp³-hybridized carbons (Fsp3) is 0.538. The highest BCUT2D eigenvalue weighted by atomic mass is 16.6. The Labute approximate surface area is 122 Å². The van der Waals surface area contributed by atoms with Gasteiger partial charge >= 0.3 is 0 Å². The molecule has 1 unspecified atom stereocenters. The quantitative estimate of drug-likeness (QED) is 0.643. The fourth-order valence-electron chi connectivity index (χ4n) is 2.63. The normalized spacial score (nSPS) is 18.7. The average molecular weight is 293 g/mol. The first-order valence-corrected chi connectivity index (χ1v) is 6.72. The van der Waals surface area contributed by atoms with Gasteiger partial charge in [0.05, 0.1) is 4.92 Å². The molecule has 1 amide bonds. The Morgan fingerprint density at radius 3 is 2.95 bits per heavy atom. The summed E-state index contributed by atoms with van der Waals surface area (Å²) in [6.07, 6.45) is 2.05. The molecular formula is C13H19N5O3. The third-order valence-electron chi connectivity index (χ3n) is 3.70. The summed E-state index contributed by atoms with van der Waals surface area (Å²) in [6.45, 7) is 2.51. The molecule has 0 spiro atoms. The summed E-state index contributed by atoms with van der Waals surface area (Å²) in [5.74, 6) is 0.0884. The molecule has 1 aromatic heterocycles. The topological polar surface area (TPSA) is 106 Å². The summed E-state index contributed by atoms with van der Waals surface area (Å²) >= 11 is 0. The van der Waals surface area contributed by atoms with Crippen molar-refractivity contribution in [1.82, 2.24) is 14.8 Å². The zero-order valence-corrected chi connectivity index (χ0v) is 12.2. The van der Waals surface area contributed by atoms with Gasteiger partial charge in [-0.25, -0.2) is 4.98 Å². The molecule has 1 fully saturated rings. The van der Waals surface area contributed by atoms with E-state index >= 15 is 0 Å². The molecule has 1 saturated heterocycles. The minimum absolute atomic E-state index is 0.0126. The van der Waals surface area contributed by atoms with Crippen LogP contribution in [0.5, 0.6) is 0 Å². The second kappa shape index (κ2) is 6.04. The minimum atomic E-state index is -0.614. The molecule has 1 aliphatic heterocycles. The predicted molar refractivity (Wildman–Crippen MR) is 77.9 cm³/mol. The number of carbonyl (C=O) groups is 1. The van der Waals surface area contributed by atoms with Crippen LogP contribution < -0.4 is 5.73 Å². The summed E-state index contributed by atoms with van der Waals surface area (Å²) in [5, 5.41) is 11.0. The highest BCUT2D eigenvalue weighted by molar-refractivity contribution is 5.98. The number of pyridine rings is 1. The number of anilines is 1. The molecule has 1 aliphatic rings. The molecule has 1 aromatic rings. The van der Waals surface area contributed by atoms with Gasteiger partial charge in [-0.2, -0.15) is 0 Å². The molecule has 1 atom stereocenters. The number of amides is 1. The first-order chi connectivity index (χ1) is 9.88. The molecule has 2 N–H and O–H groups in total. The van der Waals surface area contributed by atoms with Gasteiger partial charge in [0.15, 0.2) is 0 Å². The van der Waals surface area contributed by atoms with Crippen molar-refractivity contribution in [3.63, 3.8) is 0 Å². The van der Waals surface area contributed by atoms with E-state index in [1.807, 2.05) is 7.05 Å². The van der Waals surface area contributed by atoms with Gasteiger partial charge in [0.1, 0.15) is 17.6 Å². The minimum Gasteiger partial charge on any atom is -0.384 e. The van der Waals surface area contributed by atoms with Crippen molar-refractivity contribution in [1.29, 1.82) is 0 Å². The summed E-state index contributed by atoms with van der Waals surface area (Å²) in [7, 11) is 3.69. The lowest BCUT2D eigenvalue weighted by Crippen LogP contribution is -2.33. The van der Waals surface area contributed by atoms with Crippen LogP contribution in [0.4, 0.5) is 11.5 Å². The number of aromatic nitrogens is 1. The Morgan fingerprint density at radius 2 is 2.38 bits per heavy atom. The van der Waals surface area contributed by atoms with Crippen molar-refractivity contribution >= 4 is 17.4 Å². The van der Waals surface area contributed by atoms with E-state index in [1.54, 1.807) is 7.05 Å². The number of hydrogen-bond acceptors (Lipinski definition) is 6. The maximum Gasteiger partial charge on any atom is 0.300 e. The second-order valence-electron chi connectivity index (χ2n) is 5.49. The summed E-state index contributed by atoms with van der Waals surface area (Å²) in [4.78, 5) is 30.2. The van der Waals surface area contributed by atoms with Crippen LogP contribution in [0.3, 0.4) is 0 Å². The van der Waals surface area contributed by atoms with Crippen LogP contribution in [-0.4, -0.2) is 59.3 Å². The predicted octanol–water partition coefficient (Wildman–Crippen LogP) is 0.596. The van der Waals surface area contributed by atoms with E-state index in [0.717, 1.165) is 25.7 Å². The zero-order valence-electron chi connectivity index (χ0n) is 12.2. The average Bonchev–Trinajstić information content (AvgIpc) is 2.82. The lowest BCUT2D eigenvalue weighted by Gasteiger charge is -2.21. The Bertz CT molecular complexity index is 563. The lowest BCUT2D eigenvalue weighted by molar-refractivity contribution is -0.385. The van der Waals surface area contributed by atoms with Crippen LogP contribution in [0.25, 0.3) is 0 Å². The van der Waals surface area contributed by atoms with Crippen molar-refractivity contribution in [2.24, 2.45) is 5.92 Å². The standard InChI is InChI=1S/C13H19N5O3/c1-16-4-3-9(7-16)8-17(2)13(19)10-5-12(14)15-6-11(10)18(20)21/h5-6,9H,3-4,7-8H2,1-2H3,(H2,14,15). The summed E-state index contributed by atoms with van der Waals surface area (Å²) < 4.78 is 0. The van der Waals surface area contributed by atoms with E-state index in [1.165, 1.54) is 11.0 Å². The van der Waals surface area contributed by atoms with Gasteiger partial charge in [-0.1, -0.05) is 0 Å². The SMILES string of the molecule is CN1CCC(CN(C)C(=O)c2cc(N)ncc2[N+](=O)[O-])C1. The molecule has 0 bridgehead atoms. The van der Waals surface area contributed by atoms with Crippen LogP contribution in [0, 0.1) is 16.0 Å². The molecule has 114 valence electrons. The highest BCUT2D eigenvalue weighted by Gasteiger charge is 2.27. The number of nitrogen functional groups attached to an aromatic ring is 1. The van der Waals surface area contributed by atoms with E-state index < -0.39 is 10.8 Å². The molecule has 0 aliphatic carbocycles.